The van der Waals surface area contributed by atoms with Gasteiger partial charge in [-0.25, -0.2) is 5.43 Å². The first-order chi connectivity index (χ1) is 12.5. The Bertz CT molecular complexity index is 1020. The van der Waals surface area contributed by atoms with E-state index in [-0.39, 0.29) is 6.61 Å². The molecule has 2 aromatic carbocycles. The third-order valence-electron chi connectivity index (χ3n) is 3.54. The lowest BCUT2D eigenvalue weighted by Gasteiger charge is -2.05. The third kappa shape index (κ3) is 4.29. The predicted molar refractivity (Wildman–Crippen MR) is 101 cm³/mol. The molecule has 0 bridgehead atoms. The highest BCUT2D eigenvalue weighted by molar-refractivity contribution is 9.10. The van der Waals surface area contributed by atoms with Crippen molar-refractivity contribution in [3.8, 4) is 11.8 Å². The fourth-order valence-electron chi connectivity index (χ4n) is 2.20. The molecule has 0 aliphatic heterocycles. The van der Waals surface area contributed by atoms with E-state index in [9.17, 15) is 4.79 Å². The van der Waals surface area contributed by atoms with Crippen molar-refractivity contribution in [3.05, 3.63) is 64.3 Å². The summed E-state index contributed by atoms with van der Waals surface area (Å²) in [5, 5.41) is 13.7. The van der Waals surface area contributed by atoms with Gasteiger partial charge in [0.05, 0.1) is 11.6 Å². The molecule has 6 nitrogen and oxygen atoms in total. The van der Waals surface area contributed by atoms with Crippen LogP contribution in [0.1, 0.15) is 18.2 Å². The number of benzene rings is 2. The van der Waals surface area contributed by atoms with Crippen molar-refractivity contribution in [2.45, 2.75) is 6.92 Å². The normalized spacial score (nSPS) is 11.2. The molecule has 0 aliphatic rings. The van der Waals surface area contributed by atoms with Crippen LogP contribution in [0.2, 0.25) is 0 Å². The van der Waals surface area contributed by atoms with Crippen molar-refractivity contribution in [1.82, 2.24) is 5.43 Å². The number of nitriles is 1. The minimum atomic E-state index is -0.396. The molecular formula is C19H14BrN3O3. The summed E-state index contributed by atoms with van der Waals surface area (Å²) in [6, 6.07) is 16.1. The van der Waals surface area contributed by atoms with Crippen LogP contribution in [0.25, 0.3) is 11.0 Å². The molecule has 0 fully saturated rings. The number of amides is 1. The molecule has 3 rings (SSSR count). The van der Waals surface area contributed by atoms with Crippen LogP contribution >= 0.6 is 15.9 Å². The number of carbonyl (C=O) groups is 1. The number of hydrogen-bond donors (Lipinski definition) is 1. The molecule has 0 atom stereocenters. The Morgan fingerprint density at radius 1 is 1.27 bits per heavy atom. The molecule has 0 unspecified atom stereocenters. The molecule has 0 radical (unpaired) electrons. The summed E-state index contributed by atoms with van der Waals surface area (Å²) in [7, 11) is 0. The summed E-state index contributed by atoms with van der Waals surface area (Å²) < 4.78 is 12.0. The van der Waals surface area contributed by atoms with Gasteiger partial charge in [-0.2, -0.15) is 10.4 Å². The van der Waals surface area contributed by atoms with Gasteiger partial charge in [0.1, 0.15) is 17.0 Å². The summed E-state index contributed by atoms with van der Waals surface area (Å²) in [6.45, 7) is 1.56. The smallest absolute Gasteiger partial charge is 0.277 e. The minimum absolute atomic E-state index is 0.185. The van der Waals surface area contributed by atoms with E-state index in [0.717, 1.165) is 15.4 Å². The van der Waals surface area contributed by atoms with Crippen LogP contribution in [-0.4, -0.2) is 18.2 Å². The fourth-order valence-corrected chi connectivity index (χ4v) is 2.58. The predicted octanol–water partition coefficient (Wildman–Crippen LogP) is 3.99. The first kappa shape index (κ1) is 17.7. The molecular weight excluding hydrogens is 398 g/mol. The molecule has 1 amide bonds. The number of fused-ring (bicyclic) bond motifs is 1. The van der Waals surface area contributed by atoms with Gasteiger partial charge < -0.3 is 9.15 Å². The topological polar surface area (TPSA) is 87.6 Å². The first-order valence-corrected chi connectivity index (χ1v) is 8.50. The van der Waals surface area contributed by atoms with Crippen LogP contribution in [0.5, 0.6) is 5.75 Å². The highest BCUT2D eigenvalue weighted by Crippen LogP contribution is 2.23. The van der Waals surface area contributed by atoms with Crippen molar-refractivity contribution in [1.29, 1.82) is 5.26 Å². The molecule has 0 aliphatic carbocycles. The van der Waals surface area contributed by atoms with Crippen LogP contribution in [0, 0.1) is 11.3 Å². The van der Waals surface area contributed by atoms with Crippen LogP contribution in [-0.2, 0) is 4.79 Å². The van der Waals surface area contributed by atoms with E-state index in [1.54, 1.807) is 31.2 Å². The Balaban J connectivity index is 1.58. The molecule has 3 aromatic rings. The number of halogens is 1. The maximum Gasteiger partial charge on any atom is 0.277 e. The lowest BCUT2D eigenvalue weighted by atomic mass is 10.2. The molecule has 0 spiro atoms. The van der Waals surface area contributed by atoms with Gasteiger partial charge in [-0.05, 0) is 55.5 Å². The average molecular weight is 412 g/mol. The van der Waals surface area contributed by atoms with Gasteiger partial charge in [-0.1, -0.05) is 15.9 Å². The molecule has 130 valence electrons. The molecule has 0 saturated heterocycles. The average Bonchev–Trinajstić information content (AvgIpc) is 3.08. The first-order valence-electron chi connectivity index (χ1n) is 7.71. The largest absolute Gasteiger partial charge is 0.484 e. The number of carbonyl (C=O) groups excluding carboxylic acids is 1. The fraction of sp³-hybridized carbons (Fsp3) is 0.105. The van der Waals surface area contributed by atoms with E-state index in [2.05, 4.69) is 26.5 Å². The van der Waals surface area contributed by atoms with E-state index in [1.807, 2.05) is 30.3 Å². The zero-order chi connectivity index (χ0) is 18.5. The number of hydrogen-bond acceptors (Lipinski definition) is 5. The second-order valence-corrected chi connectivity index (χ2v) is 6.37. The van der Waals surface area contributed by atoms with Crippen LogP contribution in [0.15, 0.2) is 62.5 Å². The van der Waals surface area contributed by atoms with Crippen molar-refractivity contribution >= 4 is 38.5 Å². The van der Waals surface area contributed by atoms with Gasteiger partial charge in [-0.15, -0.1) is 0 Å². The zero-order valence-corrected chi connectivity index (χ0v) is 15.4. The molecule has 1 aromatic heterocycles. The van der Waals surface area contributed by atoms with E-state index in [4.69, 9.17) is 14.4 Å². The summed E-state index contributed by atoms with van der Waals surface area (Å²) >= 11 is 3.41. The SMILES string of the molecule is C/C(=N/NC(=O)COc1ccc(C#N)cc1)c1cc2cc(Br)ccc2o1. The molecule has 26 heavy (non-hydrogen) atoms. The maximum atomic E-state index is 11.9. The second-order valence-electron chi connectivity index (χ2n) is 5.45. The lowest BCUT2D eigenvalue weighted by Crippen LogP contribution is -2.25. The van der Waals surface area contributed by atoms with Crippen LogP contribution < -0.4 is 10.2 Å². The molecule has 1 heterocycles. The monoisotopic (exact) mass is 411 g/mol. The number of rotatable bonds is 5. The van der Waals surface area contributed by atoms with Crippen molar-refractivity contribution in [2.75, 3.05) is 6.61 Å². The molecule has 1 N–H and O–H groups in total. The van der Waals surface area contributed by atoms with Gasteiger partial charge in [-0.3, -0.25) is 4.79 Å². The summed E-state index contributed by atoms with van der Waals surface area (Å²) in [5.41, 5.74) is 4.25. The zero-order valence-electron chi connectivity index (χ0n) is 13.8. The number of ether oxygens (including phenoxy) is 1. The standard InChI is InChI=1S/C19H14BrN3O3/c1-12(18-9-14-8-15(20)4-7-17(14)26-18)22-23-19(24)11-25-16-5-2-13(10-21)3-6-16/h2-9H,11H2,1H3,(H,23,24)/b22-12-. The Morgan fingerprint density at radius 3 is 2.77 bits per heavy atom. The van der Waals surface area contributed by atoms with E-state index < -0.39 is 5.91 Å². The minimum Gasteiger partial charge on any atom is -0.484 e. The van der Waals surface area contributed by atoms with Gasteiger partial charge in [0.2, 0.25) is 0 Å². The number of hydrazone groups is 1. The maximum absolute atomic E-state index is 11.9. The Morgan fingerprint density at radius 2 is 2.04 bits per heavy atom. The third-order valence-corrected chi connectivity index (χ3v) is 4.03. The van der Waals surface area contributed by atoms with Crippen molar-refractivity contribution in [2.24, 2.45) is 5.10 Å². The number of nitrogens with one attached hydrogen (secondary N) is 1. The lowest BCUT2D eigenvalue weighted by molar-refractivity contribution is -0.123. The van der Waals surface area contributed by atoms with Gasteiger partial charge in [0.15, 0.2) is 12.4 Å². The van der Waals surface area contributed by atoms with Crippen LogP contribution in [0.3, 0.4) is 0 Å². The van der Waals surface area contributed by atoms with E-state index >= 15 is 0 Å². The Kier molecular flexibility index (Phi) is 5.34. The number of furan rings is 1. The van der Waals surface area contributed by atoms with Gasteiger partial charge >= 0.3 is 0 Å². The quantitative estimate of drug-likeness (QED) is 0.507. The highest BCUT2D eigenvalue weighted by Gasteiger charge is 2.08. The van der Waals surface area contributed by atoms with E-state index in [1.165, 1.54) is 0 Å². The Labute approximate surface area is 158 Å². The van der Waals surface area contributed by atoms with Crippen LogP contribution in [0.4, 0.5) is 0 Å². The summed E-state index contributed by atoms with van der Waals surface area (Å²) in [6.07, 6.45) is 0. The van der Waals surface area contributed by atoms with Gasteiger partial charge in [0, 0.05) is 9.86 Å². The highest BCUT2D eigenvalue weighted by atomic mass is 79.9. The second kappa shape index (κ2) is 7.85. The Hall–Kier alpha value is -3.11. The van der Waals surface area contributed by atoms with Gasteiger partial charge in [0.25, 0.3) is 5.91 Å². The summed E-state index contributed by atoms with van der Waals surface area (Å²) in [4.78, 5) is 11.9. The van der Waals surface area contributed by atoms with Crippen molar-refractivity contribution < 1.29 is 13.9 Å². The molecule has 0 saturated carbocycles. The van der Waals surface area contributed by atoms with E-state index in [0.29, 0.717) is 22.8 Å². The molecule has 7 heteroatoms. The van der Waals surface area contributed by atoms with Crippen molar-refractivity contribution in [3.63, 3.8) is 0 Å². The number of nitrogens with zero attached hydrogens (tertiary/aromatic N) is 2. The summed E-state index contributed by atoms with van der Waals surface area (Å²) in [5.74, 6) is 0.682.